The van der Waals surface area contributed by atoms with Crippen LogP contribution in [0.1, 0.15) is 38.0 Å². The van der Waals surface area contributed by atoms with E-state index in [-0.39, 0.29) is 11.4 Å². The summed E-state index contributed by atoms with van der Waals surface area (Å²) < 4.78 is 5.03. The van der Waals surface area contributed by atoms with Crippen LogP contribution in [0.25, 0.3) is 0 Å². The summed E-state index contributed by atoms with van der Waals surface area (Å²) in [5.41, 5.74) is 1.62. The van der Waals surface area contributed by atoms with Crippen LogP contribution in [0.15, 0.2) is 16.9 Å². The second-order valence-electron chi connectivity index (χ2n) is 4.40. The molecule has 21 heavy (non-hydrogen) atoms. The minimum atomic E-state index is -1.19. The highest BCUT2D eigenvalue weighted by atomic mass is 16.5. The lowest BCUT2D eigenvalue weighted by Crippen LogP contribution is -2.27. The molecule has 0 atom stereocenters. The summed E-state index contributed by atoms with van der Waals surface area (Å²) in [6, 6.07) is 0. The fourth-order valence-electron chi connectivity index (χ4n) is 1.81. The van der Waals surface area contributed by atoms with Crippen molar-refractivity contribution in [2.75, 3.05) is 6.54 Å². The van der Waals surface area contributed by atoms with Gasteiger partial charge >= 0.3 is 5.97 Å². The van der Waals surface area contributed by atoms with Crippen molar-refractivity contribution >= 4 is 11.9 Å². The van der Waals surface area contributed by atoms with Crippen molar-refractivity contribution in [3.63, 3.8) is 0 Å². The van der Waals surface area contributed by atoms with Crippen molar-refractivity contribution in [3.05, 3.63) is 40.8 Å². The van der Waals surface area contributed by atoms with Gasteiger partial charge in [-0.25, -0.2) is 14.8 Å². The summed E-state index contributed by atoms with van der Waals surface area (Å²) in [7, 11) is 0. The monoisotopic (exact) mass is 290 g/mol. The molecule has 2 N–H and O–H groups in total. The Hall–Kier alpha value is -2.77. The van der Waals surface area contributed by atoms with E-state index in [0.29, 0.717) is 13.0 Å². The van der Waals surface area contributed by atoms with Gasteiger partial charge < -0.3 is 14.9 Å². The fourth-order valence-corrected chi connectivity index (χ4v) is 1.81. The van der Waals surface area contributed by atoms with Gasteiger partial charge in [0.2, 0.25) is 0 Å². The molecule has 2 heterocycles. The lowest BCUT2D eigenvalue weighted by molar-refractivity contribution is 0.0689. The molecule has 0 aliphatic rings. The fraction of sp³-hybridized carbons (Fsp3) is 0.308. The first kappa shape index (κ1) is 14.6. The summed E-state index contributed by atoms with van der Waals surface area (Å²) in [5, 5.41) is 15.2. The maximum Gasteiger partial charge on any atom is 0.356 e. The van der Waals surface area contributed by atoms with Crippen LogP contribution in [0.2, 0.25) is 0 Å². The standard InChI is InChI=1S/C13H14N4O4/c1-7-9(8(2)21-17-7)3-4-14-12(18)10-5-16-11(6-15-10)13(19)20/h5-6H,3-4H2,1-2H3,(H,14,18)(H,19,20). The zero-order chi connectivity index (χ0) is 15.4. The number of carboxylic acids is 1. The first-order valence-electron chi connectivity index (χ1n) is 6.24. The maximum absolute atomic E-state index is 11.8. The molecule has 0 bridgehead atoms. The predicted octanol–water partition coefficient (Wildman–Crippen LogP) is 0.752. The number of carboxylic acid groups (broad SMARTS) is 1. The van der Waals surface area contributed by atoms with Crippen LogP contribution in [0.4, 0.5) is 0 Å². The van der Waals surface area contributed by atoms with Gasteiger partial charge in [-0.15, -0.1) is 0 Å². The van der Waals surface area contributed by atoms with E-state index in [9.17, 15) is 9.59 Å². The molecule has 0 radical (unpaired) electrons. The molecule has 1 amide bonds. The number of hydrogen-bond donors (Lipinski definition) is 2. The molecule has 0 saturated carbocycles. The van der Waals surface area contributed by atoms with Crippen molar-refractivity contribution < 1.29 is 19.2 Å². The second-order valence-corrected chi connectivity index (χ2v) is 4.40. The van der Waals surface area contributed by atoms with Crippen LogP contribution in [-0.2, 0) is 6.42 Å². The molecule has 0 saturated heterocycles. The number of carbonyl (C=O) groups excluding carboxylic acids is 1. The number of amides is 1. The highest BCUT2D eigenvalue weighted by molar-refractivity contribution is 5.92. The highest BCUT2D eigenvalue weighted by Gasteiger charge is 2.12. The quantitative estimate of drug-likeness (QED) is 0.834. The van der Waals surface area contributed by atoms with Crippen molar-refractivity contribution in [3.8, 4) is 0 Å². The molecule has 8 nitrogen and oxygen atoms in total. The number of aromatic carboxylic acids is 1. The summed E-state index contributed by atoms with van der Waals surface area (Å²) in [4.78, 5) is 29.9. The molecule has 2 rings (SSSR count). The first-order valence-corrected chi connectivity index (χ1v) is 6.24. The van der Waals surface area contributed by atoms with E-state index >= 15 is 0 Å². The molecule has 0 spiro atoms. The third kappa shape index (κ3) is 3.41. The molecular formula is C13H14N4O4. The summed E-state index contributed by atoms with van der Waals surface area (Å²) in [6.45, 7) is 4.04. The van der Waals surface area contributed by atoms with Gasteiger partial charge in [-0.05, 0) is 20.3 Å². The molecule has 2 aromatic rings. The molecular weight excluding hydrogens is 276 g/mol. The van der Waals surface area contributed by atoms with Crippen molar-refractivity contribution in [1.29, 1.82) is 0 Å². The topological polar surface area (TPSA) is 118 Å². The summed E-state index contributed by atoms with van der Waals surface area (Å²) >= 11 is 0. The summed E-state index contributed by atoms with van der Waals surface area (Å²) in [6.07, 6.45) is 2.77. The Balaban J connectivity index is 1.91. The van der Waals surface area contributed by atoms with Gasteiger partial charge in [0.1, 0.15) is 11.5 Å². The number of aryl methyl sites for hydroxylation is 2. The zero-order valence-corrected chi connectivity index (χ0v) is 11.6. The Labute approximate surface area is 120 Å². The third-order valence-electron chi connectivity index (χ3n) is 2.95. The number of nitrogens with one attached hydrogen (secondary N) is 1. The number of carbonyl (C=O) groups is 2. The van der Waals surface area contributed by atoms with Crippen LogP contribution in [0.3, 0.4) is 0 Å². The lowest BCUT2D eigenvalue weighted by Gasteiger charge is -2.04. The molecule has 0 aliphatic carbocycles. The molecule has 110 valence electrons. The molecule has 2 aromatic heterocycles. The smallest absolute Gasteiger partial charge is 0.356 e. The van der Waals surface area contributed by atoms with Gasteiger partial charge in [0.05, 0.1) is 18.1 Å². The Morgan fingerprint density at radius 3 is 2.43 bits per heavy atom. The van der Waals surface area contributed by atoms with Gasteiger partial charge in [-0.3, -0.25) is 4.79 Å². The van der Waals surface area contributed by atoms with Gasteiger partial charge in [0, 0.05) is 12.1 Å². The maximum atomic E-state index is 11.8. The van der Waals surface area contributed by atoms with Crippen molar-refractivity contribution in [2.24, 2.45) is 0 Å². The van der Waals surface area contributed by atoms with E-state index in [2.05, 4.69) is 20.4 Å². The average molecular weight is 290 g/mol. The Kier molecular flexibility index (Phi) is 4.27. The van der Waals surface area contributed by atoms with Gasteiger partial charge in [0.25, 0.3) is 5.91 Å². The average Bonchev–Trinajstić information content (AvgIpc) is 2.79. The largest absolute Gasteiger partial charge is 0.476 e. The number of nitrogens with zero attached hydrogens (tertiary/aromatic N) is 3. The van der Waals surface area contributed by atoms with Crippen LogP contribution < -0.4 is 5.32 Å². The SMILES string of the molecule is Cc1noc(C)c1CCNC(=O)c1cnc(C(=O)O)cn1. The Morgan fingerprint density at radius 2 is 1.90 bits per heavy atom. The minimum absolute atomic E-state index is 0.0683. The van der Waals surface area contributed by atoms with Crippen LogP contribution in [0.5, 0.6) is 0 Å². The summed E-state index contributed by atoms with van der Waals surface area (Å²) in [5.74, 6) is -0.869. The molecule has 0 aromatic carbocycles. The zero-order valence-electron chi connectivity index (χ0n) is 11.6. The molecule has 0 unspecified atom stereocenters. The normalized spacial score (nSPS) is 10.4. The second kappa shape index (κ2) is 6.12. The third-order valence-corrected chi connectivity index (χ3v) is 2.95. The van der Waals surface area contributed by atoms with Gasteiger partial charge in [-0.2, -0.15) is 0 Å². The van der Waals surface area contributed by atoms with Crippen LogP contribution in [-0.4, -0.2) is 38.7 Å². The molecule has 0 aliphatic heterocycles. The lowest BCUT2D eigenvalue weighted by atomic mass is 10.1. The first-order chi connectivity index (χ1) is 9.99. The van der Waals surface area contributed by atoms with Crippen molar-refractivity contribution in [1.82, 2.24) is 20.4 Å². The highest BCUT2D eigenvalue weighted by Crippen LogP contribution is 2.12. The Bertz CT molecular complexity index is 644. The number of aromatic nitrogens is 3. The number of hydrogen-bond acceptors (Lipinski definition) is 6. The minimum Gasteiger partial charge on any atom is -0.476 e. The van der Waals surface area contributed by atoms with E-state index in [1.54, 1.807) is 0 Å². The molecule has 0 fully saturated rings. The van der Waals surface area contributed by atoms with Crippen molar-refractivity contribution in [2.45, 2.75) is 20.3 Å². The van der Waals surface area contributed by atoms with E-state index in [4.69, 9.17) is 9.63 Å². The van der Waals surface area contributed by atoms with E-state index in [0.717, 1.165) is 29.4 Å². The van der Waals surface area contributed by atoms with Crippen LogP contribution in [0, 0.1) is 13.8 Å². The van der Waals surface area contributed by atoms with E-state index in [1.807, 2.05) is 13.8 Å². The predicted molar refractivity (Wildman–Crippen MR) is 71.0 cm³/mol. The Morgan fingerprint density at radius 1 is 1.24 bits per heavy atom. The van der Waals surface area contributed by atoms with E-state index in [1.165, 1.54) is 0 Å². The molecule has 8 heteroatoms. The van der Waals surface area contributed by atoms with Crippen LogP contribution >= 0.6 is 0 Å². The number of rotatable bonds is 5. The van der Waals surface area contributed by atoms with Gasteiger partial charge in [-0.1, -0.05) is 5.16 Å². The van der Waals surface area contributed by atoms with Gasteiger partial charge in [0.15, 0.2) is 5.69 Å². The van der Waals surface area contributed by atoms with E-state index < -0.39 is 11.9 Å².